The molecule has 0 radical (unpaired) electrons. The van der Waals surface area contributed by atoms with Gasteiger partial charge in [-0.1, -0.05) is 95.8 Å². The number of unbranched alkanes of at least 4 members (excludes halogenated alkanes) is 1. The third kappa shape index (κ3) is 22.5. The van der Waals surface area contributed by atoms with Gasteiger partial charge in [0.1, 0.15) is 6.04 Å². The van der Waals surface area contributed by atoms with Crippen molar-refractivity contribution in [3.8, 4) is 0 Å². The maximum Gasteiger partial charge on any atom is 0.326 e. The first-order valence-electron chi connectivity index (χ1n) is 20.9. The van der Waals surface area contributed by atoms with Crippen LogP contribution in [0.25, 0.3) is 0 Å². The number of nitrogens with one attached hydrogen (secondary N) is 3. The van der Waals surface area contributed by atoms with Gasteiger partial charge in [-0.3, -0.25) is 24.0 Å². The number of amides is 3. The van der Waals surface area contributed by atoms with E-state index >= 15 is 0 Å². The van der Waals surface area contributed by atoms with Crippen LogP contribution in [0.2, 0.25) is 0 Å². The highest BCUT2D eigenvalue weighted by atomic mass is 16.4. The highest BCUT2D eigenvalue weighted by Crippen LogP contribution is 2.20. The predicted molar refractivity (Wildman–Crippen MR) is 235 cm³/mol. The van der Waals surface area contributed by atoms with Crippen molar-refractivity contribution < 1.29 is 33.9 Å². The third-order valence-corrected chi connectivity index (χ3v) is 9.73. The van der Waals surface area contributed by atoms with Crippen molar-refractivity contribution in [2.45, 2.75) is 136 Å². The molecule has 0 aliphatic rings. The molecule has 59 heavy (non-hydrogen) atoms. The summed E-state index contributed by atoms with van der Waals surface area (Å²) in [6.07, 6.45) is 3.47. The molecule has 0 heterocycles. The van der Waals surface area contributed by atoms with Gasteiger partial charge >= 0.3 is 5.97 Å². The lowest BCUT2D eigenvalue weighted by Crippen LogP contribution is -2.48. The van der Waals surface area contributed by atoms with Crippen LogP contribution in [0.5, 0.6) is 0 Å². The summed E-state index contributed by atoms with van der Waals surface area (Å²) >= 11 is 0. The van der Waals surface area contributed by atoms with E-state index in [0.29, 0.717) is 64.5 Å². The summed E-state index contributed by atoms with van der Waals surface area (Å²) in [4.78, 5) is 78.7. The summed E-state index contributed by atoms with van der Waals surface area (Å²) < 4.78 is 0. The van der Waals surface area contributed by atoms with Gasteiger partial charge in [0.05, 0.1) is 18.1 Å². The van der Waals surface area contributed by atoms with Crippen LogP contribution in [0, 0.1) is 17.8 Å². The molecule has 0 aliphatic carbocycles. The van der Waals surface area contributed by atoms with Crippen molar-refractivity contribution in [1.29, 1.82) is 0 Å². The van der Waals surface area contributed by atoms with Crippen LogP contribution in [-0.4, -0.2) is 84.2 Å². The molecule has 2 rings (SSSR count). The summed E-state index contributed by atoms with van der Waals surface area (Å²) in [5.41, 5.74) is 25.2. The molecule has 0 aromatic heterocycles. The minimum atomic E-state index is -1.18. The molecule has 14 nitrogen and oxygen atoms in total. The van der Waals surface area contributed by atoms with Crippen molar-refractivity contribution >= 4 is 35.3 Å². The van der Waals surface area contributed by atoms with E-state index in [-0.39, 0.29) is 63.0 Å². The quantitative estimate of drug-likeness (QED) is 0.0547. The number of hydrogen-bond acceptors (Lipinski definition) is 10. The molecule has 0 fully saturated rings. The van der Waals surface area contributed by atoms with Gasteiger partial charge < -0.3 is 44.0 Å². The van der Waals surface area contributed by atoms with Gasteiger partial charge in [0.15, 0.2) is 11.6 Å². The largest absolute Gasteiger partial charge is 0.480 e. The smallest absolute Gasteiger partial charge is 0.326 e. The summed E-state index contributed by atoms with van der Waals surface area (Å²) in [5, 5.41) is 17.9. The first-order valence-corrected chi connectivity index (χ1v) is 20.9. The normalized spacial score (nSPS) is 13.8. The Morgan fingerprint density at radius 3 is 1.68 bits per heavy atom. The number of aliphatic carboxylic acids is 1. The standard InChI is InChI=1S/C42H65N7O7.C2H6.CH4/c1-28(2)23-36(49-40(53)32(24-29-13-5-3-6-14-29)27-37(50)34(46)25-30-15-7-4-8-16-30)38(51)26-31(17-11-20-43)39(52)47-22-10-9-19-35(42(55)56)48-41(54)33(45)18-12-21-44;1-2;/h3-8,13-16,28,31-36H,9-12,17-27,43-46H2,1-2H3,(H,47,52)(H,48,54)(H,49,53)(H,55,56);1-2H3;1H4/t31-,32-,33+,34+,35+,36+;;/m0../s1. The first-order chi connectivity index (χ1) is 27.7. The minimum absolute atomic E-state index is 0. The average Bonchev–Trinajstić information content (AvgIpc) is 3.21. The zero-order valence-corrected chi connectivity index (χ0v) is 35.1. The van der Waals surface area contributed by atoms with E-state index in [1.807, 2.05) is 88.4 Å². The van der Waals surface area contributed by atoms with Gasteiger partial charge in [-0.05, 0) is 94.3 Å². The third-order valence-electron chi connectivity index (χ3n) is 9.73. The lowest BCUT2D eigenvalue weighted by Gasteiger charge is -2.25. The van der Waals surface area contributed by atoms with E-state index in [1.165, 1.54) is 0 Å². The van der Waals surface area contributed by atoms with E-state index in [1.54, 1.807) is 0 Å². The molecule has 0 aliphatic heterocycles. The van der Waals surface area contributed by atoms with Gasteiger partial charge in [-0.15, -0.1) is 0 Å². The van der Waals surface area contributed by atoms with Crippen LogP contribution in [0.1, 0.15) is 110 Å². The predicted octanol–water partition coefficient (Wildman–Crippen LogP) is 3.80. The molecule has 0 spiro atoms. The summed E-state index contributed by atoms with van der Waals surface area (Å²) in [6, 6.07) is 15.1. The Labute approximate surface area is 352 Å². The van der Waals surface area contributed by atoms with E-state index in [2.05, 4.69) is 16.0 Å². The molecule has 0 unspecified atom stereocenters. The van der Waals surface area contributed by atoms with Gasteiger partial charge in [0, 0.05) is 31.2 Å². The number of Topliss-reactive ketones (excluding diaryl/α,β-unsaturated/α-hetero) is 2. The minimum Gasteiger partial charge on any atom is -0.480 e. The lowest BCUT2D eigenvalue weighted by atomic mass is 9.88. The van der Waals surface area contributed by atoms with E-state index in [9.17, 15) is 33.9 Å². The number of benzene rings is 2. The summed E-state index contributed by atoms with van der Waals surface area (Å²) in [7, 11) is 0. The zero-order chi connectivity index (χ0) is 43.5. The zero-order valence-electron chi connectivity index (χ0n) is 35.1. The van der Waals surface area contributed by atoms with Crippen molar-refractivity contribution in [3.05, 3.63) is 71.8 Å². The van der Waals surface area contributed by atoms with E-state index in [0.717, 1.165) is 11.1 Å². The number of rotatable bonds is 29. The maximum atomic E-state index is 14.0. The average molecular weight is 826 g/mol. The number of hydrogen-bond donors (Lipinski definition) is 8. The van der Waals surface area contributed by atoms with Crippen LogP contribution in [0.3, 0.4) is 0 Å². The molecule has 332 valence electrons. The number of carbonyl (C=O) groups is 6. The van der Waals surface area contributed by atoms with Crippen molar-refractivity contribution in [2.24, 2.45) is 40.7 Å². The Balaban J connectivity index is 0.0000110. The molecule has 0 saturated carbocycles. The van der Waals surface area contributed by atoms with Crippen molar-refractivity contribution in [3.63, 3.8) is 0 Å². The van der Waals surface area contributed by atoms with E-state index in [4.69, 9.17) is 22.9 Å². The highest BCUT2D eigenvalue weighted by Gasteiger charge is 2.32. The monoisotopic (exact) mass is 826 g/mol. The molecule has 14 heteroatoms. The highest BCUT2D eigenvalue weighted by molar-refractivity contribution is 5.95. The molecule has 3 amide bonds. The van der Waals surface area contributed by atoms with Crippen LogP contribution < -0.4 is 38.9 Å². The van der Waals surface area contributed by atoms with Crippen molar-refractivity contribution in [2.75, 3.05) is 19.6 Å². The Hall–Kier alpha value is -4.50. The fourth-order valence-corrected chi connectivity index (χ4v) is 6.47. The summed E-state index contributed by atoms with van der Waals surface area (Å²) in [6.45, 7) is 8.81. The van der Waals surface area contributed by atoms with E-state index < -0.39 is 53.8 Å². The van der Waals surface area contributed by atoms with Gasteiger partial charge in [0.25, 0.3) is 0 Å². The first kappa shape index (κ1) is 54.5. The van der Waals surface area contributed by atoms with Crippen LogP contribution in [0.4, 0.5) is 0 Å². The number of ketones is 2. The molecule has 0 saturated heterocycles. The molecule has 0 bridgehead atoms. The molecule has 2 aromatic carbocycles. The SMILES string of the molecule is C.CC.CC(C)C[C@@H](NC(=O)[C@H](CC(=O)[C@H](N)Cc1ccccc1)Cc1ccccc1)C(=O)C[C@H](CCCN)C(=O)NCCCC[C@@H](NC(=O)[C@H](N)CCCN)C(=O)O. The molecule has 2 aromatic rings. The van der Waals surface area contributed by atoms with Crippen LogP contribution in [0.15, 0.2) is 60.7 Å². The second-order valence-corrected chi connectivity index (χ2v) is 15.1. The van der Waals surface area contributed by atoms with Crippen molar-refractivity contribution in [1.82, 2.24) is 16.0 Å². The summed E-state index contributed by atoms with van der Waals surface area (Å²) in [5.74, 6) is -4.47. The van der Waals surface area contributed by atoms with Crippen LogP contribution >= 0.6 is 0 Å². The van der Waals surface area contributed by atoms with Crippen LogP contribution in [-0.2, 0) is 41.6 Å². The molecular formula is C45H75N7O7. The number of carboxylic acid groups (broad SMARTS) is 1. The molecular weight excluding hydrogens is 751 g/mol. The Kier molecular flexibility index (Phi) is 29.0. The topological polar surface area (TPSA) is 263 Å². The fourth-order valence-electron chi connectivity index (χ4n) is 6.47. The second kappa shape index (κ2) is 31.4. The van der Waals surface area contributed by atoms with Gasteiger partial charge in [-0.2, -0.15) is 0 Å². The number of carboxylic acids is 1. The van der Waals surface area contributed by atoms with Gasteiger partial charge in [0.2, 0.25) is 17.7 Å². The second-order valence-electron chi connectivity index (χ2n) is 15.1. The maximum absolute atomic E-state index is 14.0. The molecule has 12 N–H and O–H groups in total. The Morgan fingerprint density at radius 1 is 0.610 bits per heavy atom. The number of carbonyl (C=O) groups excluding carboxylic acids is 5. The van der Waals surface area contributed by atoms with Gasteiger partial charge in [-0.25, -0.2) is 4.79 Å². The number of nitrogens with two attached hydrogens (primary N) is 4. The molecule has 6 atom stereocenters. The fraction of sp³-hybridized carbons (Fsp3) is 0.600. The lowest BCUT2D eigenvalue weighted by molar-refractivity contribution is -0.142. The Morgan fingerprint density at radius 2 is 1.14 bits per heavy atom. The Bertz CT molecular complexity index is 1510.